The van der Waals surface area contributed by atoms with E-state index >= 15 is 0 Å². The Bertz CT molecular complexity index is 853. The predicted octanol–water partition coefficient (Wildman–Crippen LogP) is 5.99. The van der Waals surface area contributed by atoms with Gasteiger partial charge < -0.3 is 9.52 Å². The normalized spacial score (nSPS) is 11.7. The van der Waals surface area contributed by atoms with Crippen LogP contribution in [0.25, 0.3) is 22.6 Å². The number of hydrogen-bond donors (Lipinski definition) is 1. The second kappa shape index (κ2) is 5.66. The van der Waals surface area contributed by atoms with Crippen LogP contribution in [-0.2, 0) is 6.18 Å². The molecule has 2 aromatic carbocycles. The number of aromatic hydroxyl groups is 1. The summed E-state index contributed by atoms with van der Waals surface area (Å²) in [6.07, 6.45) is -4.48. The Hall–Kier alpha value is -2.40. The van der Waals surface area contributed by atoms with Crippen LogP contribution in [0, 0.1) is 0 Å². The fourth-order valence-electron chi connectivity index (χ4n) is 2.28. The first kappa shape index (κ1) is 15.5. The molecule has 1 aromatic heterocycles. The largest absolute Gasteiger partial charge is 0.507 e. The molecule has 3 rings (SSSR count). The minimum Gasteiger partial charge on any atom is -0.507 e. The van der Waals surface area contributed by atoms with Crippen molar-refractivity contribution in [2.24, 2.45) is 0 Å². The summed E-state index contributed by atoms with van der Waals surface area (Å²) in [7, 11) is 0. The van der Waals surface area contributed by atoms with Crippen LogP contribution in [0.4, 0.5) is 13.2 Å². The monoisotopic (exact) mass is 338 g/mol. The molecule has 0 fully saturated rings. The summed E-state index contributed by atoms with van der Waals surface area (Å²) in [6.45, 7) is 0. The highest BCUT2D eigenvalue weighted by Crippen LogP contribution is 2.40. The molecule has 0 aliphatic heterocycles. The fraction of sp³-hybridized carbons (Fsp3) is 0.0588. The topological polar surface area (TPSA) is 33.4 Å². The van der Waals surface area contributed by atoms with E-state index in [2.05, 4.69) is 0 Å². The van der Waals surface area contributed by atoms with Crippen molar-refractivity contribution in [3.05, 3.63) is 65.2 Å². The second-order valence-electron chi connectivity index (χ2n) is 4.87. The van der Waals surface area contributed by atoms with Gasteiger partial charge in [0.15, 0.2) is 0 Å². The quantitative estimate of drug-likeness (QED) is 0.622. The average Bonchev–Trinajstić information content (AvgIpc) is 2.98. The van der Waals surface area contributed by atoms with Crippen LogP contribution in [0.3, 0.4) is 0 Å². The van der Waals surface area contributed by atoms with Crippen molar-refractivity contribution in [3.8, 4) is 28.4 Å². The molecule has 6 heteroatoms. The van der Waals surface area contributed by atoms with Gasteiger partial charge >= 0.3 is 6.18 Å². The molecular formula is C17H10ClF3O2. The number of hydrogen-bond acceptors (Lipinski definition) is 2. The Morgan fingerprint density at radius 2 is 1.52 bits per heavy atom. The third-order valence-electron chi connectivity index (χ3n) is 3.33. The molecule has 0 bridgehead atoms. The average molecular weight is 339 g/mol. The second-order valence-corrected chi connectivity index (χ2v) is 5.31. The first-order valence-electron chi connectivity index (χ1n) is 6.61. The first-order chi connectivity index (χ1) is 10.9. The maximum Gasteiger partial charge on any atom is 0.417 e. The van der Waals surface area contributed by atoms with Crippen LogP contribution in [0.15, 0.2) is 59.0 Å². The third-order valence-corrected chi connectivity index (χ3v) is 3.56. The number of halogens is 4. The molecule has 0 radical (unpaired) electrons. The van der Waals surface area contributed by atoms with Crippen LogP contribution in [0.2, 0.25) is 5.02 Å². The minimum absolute atomic E-state index is 0.0623. The Balaban J connectivity index is 2.09. The van der Waals surface area contributed by atoms with Gasteiger partial charge in [-0.1, -0.05) is 29.8 Å². The van der Waals surface area contributed by atoms with E-state index in [1.54, 1.807) is 0 Å². The lowest BCUT2D eigenvalue weighted by Crippen LogP contribution is -2.06. The zero-order valence-electron chi connectivity index (χ0n) is 11.6. The summed E-state index contributed by atoms with van der Waals surface area (Å²) in [4.78, 5) is 0. The maximum atomic E-state index is 13.1. The fourth-order valence-corrected chi connectivity index (χ4v) is 2.45. The summed E-state index contributed by atoms with van der Waals surface area (Å²) in [5.41, 5.74) is -0.530. The summed E-state index contributed by atoms with van der Waals surface area (Å²) < 4.78 is 44.8. The molecule has 118 valence electrons. The van der Waals surface area contributed by atoms with Gasteiger partial charge in [-0.25, -0.2) is 0 Å². The molecule has 0 aliphatic rings. The highest BCUT2D eigenvalue weighted by molar-refractivity contribution is 6.30. The van der Waals surface area contributed by atoms with Gasteiger partial charge in [0, 0.05) is 10.6 Å². The van der Waals surface area contributed by atoms with Crippen LogP contribution in [0.5, 0.6) is 5.75 Å². The Morgan fingerprint density at radius 1 is 0.870 bits per heavy atom. The molecule has 0 saturated heterocycles. The molecule has 0 unspecified atom stereocenters. The maximum absolute atomic E-state index is 13.1. The Labute approximate surface area is 134 Å². The molecule has 0 spiro atoms. The van der Waals surface area contributed by atoms with Crippen molar-refractivity contribution in [2.45, 2.75) is 6.18 Å². The van der Waals surface area contributed by atoms with Crippen molar-refractivity contribution in [1.82, 2.24) is 0 Å². The van der Waals surface area contributed by atoms with Gasteiger partial charge in [-0.3, -0.25) is 0 Å². The lowest BCUT2D eigenvalue weighted by Gasteiger charge is -2.10. The van der Waals surface area contributed by atoms with Crippen LogP contribution in [0.1, 0.15) is 5.56 Å². The van der Waals surface area contributed by atoms with E-state index in [4.69, 9.17) is 16.0 Å². The molecular weight excluding hydrogens is 329 g/mol. The van der Waals surface area contributed by atoms with Crippen LogP contribution in [-0.4, -0.2) is 5.11 Å². The number of benzene rings is 2. The summed E-state index contributed by atoms with van der Waals surface area (Å²) in [5, 5.41) is 10.2. The molecule has 2 nitrogen and oxygen atoms in total. The predicted molar refractivity (Wildman–Crippen MR) is 81.3 cm³/mol. The van der Waals surface area contributed by atoms with Gasteiger partial charge in [0.05, 0.1) is 11.1 Å². The first-order valence-corrected chi connectivity index (χ1v) is 6.99. The Kier molecular flexibility index (Phi) is 3.82. The smallest absolute Gasteiger partial charge is 0.417 e. The zero-order valence-corrected chi connectivity index (χ0v) is 12.3. The SMILES string of the molecule is Oc1ccc(Cl)cc1-c1ccc(-c2ccccc2C(F)(F)F)o1. The molecule has 0 amide bonds. The lowest BCUT2D eigenvalue weighted by atomic mass is 10.1. The van der Waals surface area contributed by atoms with E-state index in [1.807, 2.05) is 0 Å². The van der Waals surface area contributed by atoms with Crippen LogP contribution < -0.4 is 0 Å². The van der Waals surface area contributed by atoms with Gasteiger partial charge in [0.25, 0.3) is 0 Å². The Morgan fingerprint density at radius 3 is 2.22 bits per heavy atom. The van der Waals surface area contributed by atoms with Crippen molar-refractivity contribution in [1.29, 1.82) is 0 Å². The summed E-state index contributed by atoms with van der Waals surface area (Å²) in [6, 6.07) is 12.5. The molecule has 1 heterocycles. The highest BCUT2D eigenvalue weighted by Gasteiger charge is 2.34. The number of phenolic OH excluding ortho intramolecular Hbond substituents is 1. The van der Waals surface area contributed by atoms with E-state index in [0.29, 0.717) is 10.6 Å². The standard InChI is InChI=1S/C17H10ClF3O2/c18-10-5-6-14(22)12(9-10)16-8-7-15(23-16)11-3-1-2-4-13(11)17(19,20)21/h1-9,22H. The zero-order chi connectivity index (χ0) is 16.6. The van der Waals surface area contributed by atoms with Gasteiger partial charge in [-0.2, -0.15) is 13.2 Å². The van der Waals surface area contributed by atoms with Crippen LogP contribution >= 0.6 is 11.6 Å². The summed E-state index contributed by atoms with van der Waals surface area (Å²) in [5.74, 6) is 0.226. The van der Waals surface area contributed by atoms with Crippen molar-refractivity contribution in [3.63, 3.8) is 0 Å². The molecule has 0 aliphatic carbocycles. The number of phenols is 1. The van der Waals surface area contributed by atoms with Gasteiger partial charge in [-0.05, 0) is 36.4 Å². The van der Waals surface area contributed by atoms with E-state index in [0.717, 1.165) is 6.07 Å². The molecule has 23 heavy (non-hydrogen) atoms. The van der Waals surface area contributed by atoms with Gasteiger partial charge in [0.1, 0.15) is 17.3 Å². The number of alkyl halides is 3. The molecule has 0 saturated carbocycles. The van der Waals surface area contributed by atoms with Gasteiger partial charge in [0.2, 0.25) is 0 Å². The van der Waals surface area contributed by atoms with E-state index in [9.17, 15) is 18.3 Å². The van der Waals surface area contributed by atoms with E-state index in [1.165, 1.54) is 48.5 Å². The van der Waals surface area contributed by atoms with Gasteiger partial charge in [-0.15, -0.1) is 0 Å². The third kappa shape index (κ3) is 3.05. The summed E-state index contributed by atoms with van der Waals surface area (Å²) >= 11 is 5.87. The highest BCUT2D eigenvalue weighted by atomic mass is 35.5. The van der Waals surface area contributed by atoms with Crippen molar-refractivity contribution in [2.75, 3.05) is 0 Å². The lowest BCUT2D eigenvalue weighted by molar-refractivity contribution is -0.137. The minimum atomic E-state index is -4.48. The number of furan rings is 1. The van der Waals surface area contributed by atoms with Crippen molar-refractivity contribution < 1.29 is 22.7 Å². The molecule has 1 N–H and O–H groups in total. The molecule has 0 atom stereocenters. The van der Waals surface area contributed by atoms with E-state index < -0.39 is 11.7 Å². The van der Waals surface area contributed by atoms with E-state index in [-0.39, 0.29) is 22.8 Å². The van der Waals surface area contributed by atoms with Crippen molar-refractivity contribution >= 4 is 11.6 Å². The number of rotatable bonds is 2. The molecule has 3 aromatic rings.